The largest absolute Gasteiger partial charge is 0.376 e. The van der Waals surface area contributed by atoms with E-state index in [0.717, 1.165) is 5.69 Å². The standard InChI is InChI=1S/C16H23N3/c1-11(2)19-10-15(9-17-19)18-14(5)16-8-12(3)6-7-13(16)4/h6-11,14,18H,1-5H3. The molecule has 1 N–H and O–H groups in total. The molecule has 0 amide bonds. The molecule has 0 aliphatic carbocycles. The summed E-state index contributed by atoms with van der Waals surface area (Å²) in [6.07, 6.45) is 3.95. The van der Waals surface area contributed by atoms with E-state index in [1.807, 2.05) is 10.9 Å². The van der Waals surface area contributed by atoms with Crippen molar-refractivity contribution in [2.24, 2.45) is 0 Å². The van der Waals surface area contributed by atoms with Crippen LogP contribution in [0, 0.1) is 13.8 Å². The van der Waals surface area contributed by atoms with Crippen LogP contribution < -0.4 is 5.32 Å². The van der Waals surface area contributed by atoms with E-state index in [2.05, 4.69) is 69.4 Å². The molecule has 3 nitrogen and oxygen atoms in total. The Hall–Kier alpha value is -1.77. The monoisotopic (exact) mass is 257 g/mol. The lowest BCUT2D eigenvalue weighted by Gasteiger charge is -2.17. The SMILES string of the molecule is Cc1ccc(C)c(C(C)Nc2cnn(C(C)C)c2)c1. The van der Waals surface area contributed by atoms with Crippen molar-refractivity contribution in [3.8, 4) is 0 Å². The summed E-state index contributed by atoms with van der Waals surface area (Å²) in [5.74, 6) is 0. The van der Waals surface area contributed by atoms with Crippen molar-refractivity contribution in [1.82, 2.24) is 9.78 Å². The van der Waals surface area contributed by atoms with Crippen LogP contribution in [0.2, 0.25) is 0 Å². The molecule has 0 fully saturated rings. The van der Waals surface area contributed by atoms with Crippen molar-refractivity contribution in [2.45, 2.75) is 46.7 Å². The van der Waals surface area contributed by atoms with Gasteiger partial charge in [0.05, 0.1) is 11.9 Å². The summed E-state index contributed by atoms with van der Waals surface area (Å²) in [7, 11) is 0. The second-order valence-corrected chi connectivity index (χ2v) is 5.53. The van der Waals surface area contributed by atoms with E-state index in [1.165, 1.54) is 16.7 Å². The number of nitrogens with zero attached hydrogens (tertiary/aromatic N) is 2. The molecule has 3 heteroatoms. The van der Waals surface area contributed by atoms with Crippen molar-refractivity contribution in [3.05, 3.63) is 47.3 Å². The number of hydrogen-bond donors (Lipinski definition) is 1. The van der Waals surface area contributed by atoms with Gasteiger partial charge in [-0.3, -0.25) is 4.68 Å². The summed E-state index contributed by atoms with van der Waals surface area (Å²) < 4.78 is 1.97. The molecular formula is C16H23N3. The average Bonchev–Trinajstić information content (AvgIpc) is 2.80. The van der Waals surface area contributed by atoms with E-state index < -0.39 is 0 Å². The van der Waals surface area contributed by atoms with Gasteiger partial charge in [-0.05, 0) is 45.7 Å². The first-order chi connectivity index (χ1) is 8.97. The predicted molar refractivity (Wildman–Crippen MR) is 80.6 cm³/mol. The summed E-state index contributed by atoms with van der Waals surface area (Å²) in [4.78, 5) is 0. The van der Waals surface area contributed by atoms with Gasteiger partial charge in [0.15, 0.2) is 0 Å². The minimum Gasteiger partial charge on any atom is -0.376 e. The second kappa shape index (κ2) is 5.47. The number of anilines is 1. The van der Waals surface area contributed by atoms with Gasteiger partial charge >= 0.3 is 0 Å². The molecule has 0 saturated heterocycles. The Kier molecular flexibility index (Phi) is 3.93. The normalized spacial score (nSPS) is 12.7. The maximum absolute atomic E-state index is 4.36. The average molecular weight is 257 g/mol. The fraction of sp³-hybridized carbons (Fsp3) is 0.438. The van der Waals surface area contributed by atoms with E-state index in [0.29, 0.717) is 6.04 Å². The topological polar surface area (TPSA) is 29.9 Å². The molecule has 0 aliphatic heterocycles. The Labute approximate surface area is 115 Å². The number of hydrogen-bond acceptors (Lipinski definition) is 2. The molecule has 0 bridgehead atoms. The zero-order valence-electron chi connectivity index (χ0n) is 12.4. The van der Waals surface area contributed by atoms with E-state index in [1.54, 1.807) is 0 Å². The molecular weight excluding hydrogens is 234 g/mol. The van der Waals surface area contributed by atoms with E-state index in [4.69, 9.17) is 0 Å². The fourth-order valence-corrected chi connectivity index (χ4v) is 2.25. The van der Waals surface area contributed by atoms with Crippen molar-refractivity contribution in [3.63, 3.8) is 0 Å². The first-order valence-corrected chi connectivity index (χ1v) is 6.85. The Bertz CT molecular complexity index is 555. The van der Waals surface area contributed by atoms with Gasteiger partial charge < -0.3 is 5.32 Å². The Balaban J connectivity index is 2.15. The van der Waals surface area contributed by atoms with Gasteiger partial charge in [-0.15, -0.1) is 0 Å². The Morgan fingerprint density at radius 3 is 2.53 bits per heavy atom. The molecule has 1 unspecified atom stereocenters. The minimum atomic E-state index is 0.282. The molecule has 0 spiro atoms. The van der Waals surface area contributed by atoms with Crippen LogP contribution in [-0.2, 0) is 0 Å². The van der Waals surface area contributed by atoms with Gasteiger partial charge in [0.1, 0.15) is 0 Å². The van der Waals surface area contributed by atoms with E-state index in [9.17, 15) is 0 Å². The molecule has 1 atom stereocenters. The van der Waals surface area contributed by atoms with Gasteiger partial charge in [-0.2, -0.15) is 5.10 Å². The third-order valence-corrected chi connectivity index (χ3v) is 3.42. The van der Waals surface area contributed by atoms with Crippen molar-refractivity contribution in [2.75, 3.05) is 5.32 Å². The molecule has 1 aromatic heterocycles. The lowest BCUT2D eigenvalue weighted by molar-refractivity contribution is 0.532. The van der Waals surface area contributed by atoms with Crippen molar-refractivity contribution in [1.29, 1.82) is 0 Å². The fourth-order valence-electron chi connectivity index (χ4n) is 2.25. The lowest BCUT2D eigenvalue weighted by Crippen LogP contribution is -2.08. The summed E-state index contributed by atoms with van der Waals surface area (Å²) in [5, 5.41) is 7.87. The zero-order valence-corrected chi connectivity index (χ0v) is 12.4. The van der Waals surface area contributed by atoms with Crippen LogP contribution in [0.15, 0.2) is 30.6 Å². The van der Waals surface area contributed by atoms with Crippen LogP contribution in [0.3, 0.4) is 0 Å². The van der Waals surface area contributed by atoms with Crippen molar-refractivity contribution < 1.29 is 0 Å². The van der Waals surface area contributed by atoms with Gasteiger partial charge in [0, 0.05) is 18.3 Å². The van der Waals surface area contributed by atoms with Crippen molar-refractivity contribution >= 4 is 5.69 Å². The quantitative estimate of drug-likeness (QED) is 0.887. The molecule has 0 saturated carbocycles. The molecule has 1 aromatic carbocycles. The van der Waals surface area contributed by atoms with Gasteiger partial charge in [-0.1, -0.05) is 23.8 Å². The third-order valence-electron chi connectivity index (χ3n) is 3.42. The molecule has 2 rings (SSSR count). The Morgan fingerprint density at radius 1 is 1.16 bits per heavy atom. The van der Waals surface area contributed by atoms with Crippen LogP contribution in [0.4, 0.5) is 5.69 Å². The number of rotatable bonds is 4. The van der Waals surface area contributed by atoms with Crippen LogP contribution >= 0.6 is 0 Å². The summed E-state index contributed by atoms with van der Waals surface area (Å²) >= 11 is 0. The Morgan fingerprint density at radius 2 is 1.89 bits per heavy atom. The number of aromatic nitrogens is 2. The molecule has 19 heavy (non-hydrogen) atoms. The summed E-state index contributed by atoms with van der Waals surface area (Å²) in [5.41, 5.74) is 5.04. The summed E-state index contributed by atoms with van der Waals surface area (Å²) in [6, 6.07) is 7.26. The molecule has 102 valence electrons. The minimum absolute atomic E-state index is 0.282. The molecule has 0 radical (unpaired) electrons. The van der Waals surface area contributed by atoms with Crippen LogP contribution in [0.1, 0.15) is 49.5 Å². The van der Waals surface area contributed by atoms with Gasteiger partial charge in [0.2, 0.25) is 0 Å². The second-order valence-electron chi connectivity index (χ2n) is 5.53. The van der Waals surface area contributed by atoms with Gasteiger partial charge in [0.25, 0.3) is 0 Å². The molecule has 2 aromatic rings. The molecule has 0 aliphatic rings. The maximum Gasteiger partial charge on any atom is 0.0731 e. The highest BCUT2D eigenvalue weighted by Crippen LogP contribution is 2.23. The number of nitrogens with one attached hydrogen (secondary N) is 1. The van der Waals surface area contributed by atoms with Crippen LogP contribution in [-0.4, -0.2) is 9.78 Å². The summed E-state index contributed by atoms with van der Waals surface area (Å²) in [6.45, 7) is 10.7. The van der Waals surface area contributed by atoms with Crippen LogP contribution in [0.25, 0.3) is 0 Å². The van der Waals surface area contributed by atoms with Gasteiger partial charge in [-0.25, -0.2) is 0 Å². The maximum atomic E-state index is 4.36. The number of benzene rings is 1. The zero-order chi connectivity index (χ0) is 14.0. The third kappa shape index (κ3) is 3.16. The molecule has 1 heterocycles. The highest BCUT2D eigenvalue weighted by Gasteiger charge is 2.10. The van der Waals surface area contributed by atoms with Crippen LogP contribution in [0.5, 0.6) is 0 Å². The first-order valence-electron chi connectivity index (χ1n) is 6.85. The highest BCUT2D eigenvalue weighted by atomic mass is 15.3. The van der Waals surface area contributed by atoms with E-state index >= 15 is 0 Å². The van der Waals surface area contributed by atoms with E-state index in [-0.39, 0.29) is 6.04 Å². The lowest BCUT2D eigenvalue weighted by atomic mass is 10.00. The predicted octanol–water partition coefficient (Wildman–Crippen LogP) is 4.25. The number of aryl methyl sites for hydroxylation is 2. The first kappa shape index (κ1) is 13.7. The smallest absolute Gasteiger partial charge is 0.0731 e. The highest BCUT2D eigenvalue weighted by molar-refractivity contribution is 5.43.